The second-order valence-electron chi connectivity index (χ2n) is 6.99. The van der Waals surface area contributed by atoms with E-state index in [2.05, 4.69) is 45.6 Å². The van der Waals surface area contributed by atoms with E-state index in [4.69, 9.17) is 0 Å². The number of imidazole rings is 1. The Morgan fingerprint density at radius 2 is 1.66 bits per heavy atom. The Bertz CT molecular complexity index is 958. The van der Waals surface area contributed by atoms with Crippen molar-refractivity contribution in [1.29, 1.82) is 0 Å². The lowest BCUT2D eigenvalue weighted by molar-refractivity contribution is -0.126. The van der Waals surface area contributed by atoms with Gasteiger partial charge in [0.1, 0.15) is 0 Å². The van der Waals surface area contributed by atoms with Crippen molar-refractivity contribution in [2.75, 3.05) is 31.1 Å². The Labute approximate surface area is 177 Å². The van der Waals surface area contributed by atoms with E-state index in [-0.39, 0.29) is 18.3 Å². The summed E-state index contributed by atoms with van der Waals surface area (Å²) < 4.78 is 2.10. The molecule has 150 valence electrons. The van der Waals surface area contributed by atoms with Crippen molar-refractivity contribution < 1.29 is 4.79 Å². The molecule has 1 fully saturated rings. The van der Waals surface area contributed by atoms with Gasteiger partial charge in [-0.25, -0.2) is 4.98 Å². The smallest absolute Gasteiger partial charge is 0.246 e. The Kier molecular flexibility index (Phi) is 6.73. The summed E-state index contributed by atoms with van der Waals surface area (Å²) >= 11 is 0. The number of rotatable bonds is 4. The van der Waals surface area contributed by atoms with Crippen LogP contribution in [0.5, 0.6) is 0 Å². The summed E-state index contributed by atoms with van der Waals surface area (Å²) in [4.78, 5) is 21.2. The van der Waals surface area contributed by atoms with Gasteiger partial charge in [0.15, 0.2) is 0 Å². The first-order valence-corrected chi connectivity index (χ1v) is 9.58. The molecule has 2 heterocycles. The lowest BCUT2D eigenvalue weighted by Gasteiger charge is -2.35. The average molecular weight is 409 g/mol. The summed E-state index contributed by atoms with van der Waals surface area (Å²) in [6.45, 7) is 5.01. The quantitative estimate of drug-likeness (QED) is 0.613. The SMILES string of the molecule is Cc1ccc(-n2ccnc2N2CCN(C(=O)/C=C/c3ccccc3)CC2)cc1.Cl. The third-order valence-electron chi connectivity index (χ3n) is 5.03. The summed E-state index contributed by atoms with van der Waals surface area (Å²) in [6.07, 6.45) is 7.35. The number of piperazine rings is 1. The zero-order valence-corrected chi connectivity index (χ0v) is 17.3. The first-order valence-electron chi connectivity index (χ1n) is 9.58. The maximum Gasteiger partial charge on any atom is 0.246 e. The minimum Gasteiger partial charge on any atom is -0.338 e. The molecule has 0 unspecified atom stereocenters. The molecule has 0 bridgehead atoms. The van der Waals surface area contributed by atoms with Crippen LogP contribution in [0.4, 0.5) is 5.95 Å². The number of amides is 1. The molecule has 0 spiro atoms. The Morgan fingerprint density at radius 1 is 0.966 bits per heavy atom. The Balaban J connectivity index is 0.00000240. The highest BCUT2D eigenvalue weighted by molar-refractivity contribution is 5.91. The molecule has 1 aliphatic rings. The van der Waals surface area contributed by atoms with E-state index in [9.17, 15) is 4.79 Å². The van der Waals surface area contributed by atoms with E-state index in [0.717, 1.165) is 30.3 Å². The molecule has 1 saturated heterocycles. The molecule has 29 heavy (non-hydrogen) atoms. The van der Waals surface area contributed by atoms with Crippen LogP contribution in [0.2, 0.25) is 0 Å². The Hall–Kier alpha value is -3.05. The average Bonchev–Trinajstić information content (AvgIpc) is 3.23. The van der Waals surface area contributed by atoms with Crippen LogP contribution >= 0.6 is 12.4 Å². The van der Waals surface area contributed by atoms with Crippen LogP contribution in [0.1, 0.15) is 11.1 Å². The minimum absolute atomic E-state index is 0. The van der Waals surface area contributed by atoms with Gasteiger partial charge in [0.2, 0.25) is 11.9 Å². The molecule has 0 aliphatic carbocycles. The van der Waals surface area contributed by atoms with Crippen LogP contribution in [0, 0.1) is 6.92 Å². The van der Waals surface area contributed by atoms with Gasteiger partial charge in [0.05, 0.1) is 0 Å². The largest absolute Gasteiger partial charge is 0.338 e. The van der Waals surface area contributed by atoms with Crippen molar-refractivity contribution >= 4 is 30.3 Å². The van der Waals surface area contributed by atoms with E-state index in [1.165, 1.54) is 5.56 Å². The monoisotopic (exact) mass is 408 g/mol. The van der Waals surface area contributed by atoms with Gasteiger partial charge in [-0.1, -0.05) is 48.0 Å². The van der Waals surface area contributed by atoms with E-state index in [1.807, 2.05) is 53.7 Å². The fraction of sp³-hybridized carbons (Fsp3) is 0.217. The summed E-state index contributed by atoms with van der Waals surface area (Å²) in [5, 5.41) is 0. The zero-order valence-electron chi connectivity index (χ0n) is 16.4. The van der Waals surface area contributed by atoms with Crippen LogP contribution in [-0.4, -0.2) is 46.5 Å². The number of nitrogens with zero attached hydrogens (tertiary/aromatic N) is 4. The van der Waals surface area contributed by atoms with Crippen LogP contribution < -0.4 is 4.90 Å². The number of hydrogen-bond donors (Lipinski definition) is 0. The number of aryl methyl sites for hydroxylation is 1. The number of benzene rings is 2. The second-order valence-corrected chi connectivity index (χ2v) is 6.99. The molecule has 0 radical (unpaired) electrons. The van der Waals surface area contributed by atoms with E-state index in [1.54, 1.807) is 6.08 Å². The van der Waals surface area contributed by atoms with Gasteiger partial charge in [-0.15, -0.1) is 12.4 Å². The highest BCUT2D eigenvalue weighted by atomic mass is 35.5. The molecular formula is C23H25ClN4O. The van der Waals surface area contributed by atoms with Crippen molar-refractivity contribution in [3.05, 3.63) is 84.2 Å². The lowest BCUT2D eigenvalue weighted by Crippen LogP contribution is -2.49. The van der Waals surface area contributed by atoms with Crippen LogP contribution in [0.3, 0.4) is 0 Å². The molecule has 0 N–H and O–H groups in total. The molecule has 5 nitrogen and oxygen atoms in total. The van der Waals surface area contributed by atoms with Gasteiger partial charge in [-0.3, -0.25) is 9.36 Å². The number of hydrogen-bond acceptors (Lipinski definition) is 3. The van der Waals surface area contributed by atoms with Crippen molar-refractivity contribution in [3.8, 4) is 5.69 Å². The molecule has 0 saturated carbocycles. The van der Waals surface area contributed by atoms with Gasteiger partial charge in [0, 0.05) is 50.3 Å². The molecule has 1 aromatic heterocycles. The summed E-state index contributed by atoms with van der Waals surface area (Å²) in [5.41, 5.74) is 3.37. The molecule has 1 aliphatic heterocycles. The van der Waals surface area contributed by atoms with Gasteiger partial charge in [0.25, 0.3) is 0 Å². The van der Waals surface area contributed by atoms with Gasteiger partial charge >= 0.3 is 0 Å². The summed E-state index contributed by atoms with van der Waals surface area (Å²) in [6, 6.07) is 18.3. The van der Waals surface area contributed by atoms with Crippen LogP contribution in [0.15, 0.2) is 73.1 Å². The summed E-state index contributed by atoms with van der Waals surface area (Å²) in [7, 11) is 0. The van der Waals surface area contributed by atoms with Crippen molar-refractivity contribution in [2.45, 2.75) is 6.92 Å². The molecule has 0 atom stereocenters. The first-order chi connectivity index (χ1) is 13.7. The number of carbonyl (C=O) groups excluding carboxylic acids is 1. The fourth-order valence-corrected chi connectivity index (χ4v) is 3.40. The molecule has 4 rings (SSSR count). The number of carbonyl (C=O) groups is 1. The minimum atomic E-state index is 0. The van der Waals surface area contributed by atoms with E-state index < -0.39 is 0 Å². The number of aromatic nitrogens is 2. The third-order valence-corrected chi connectivity index (χ3v) is 5.03. The molecule has 1 amide bonds. The first kappa shape index (κ1) is 20.7. The van der Waals surface area contributed by atoms with E-state index in [0.29, 0.717) is 13.1 Å². The molecule has 2 aromatic carbocycles. The fourth-order valence-electron chi connectivity index (χ4n) is 3.40. The van der Waals surface area contributed by atoms with Crippen molar-refractivity contribution in [2.24, 2.45) is 0 Å². The third kappa shape index (κ3) is 4.87. The normalized spacial score (nSPS) is 14.1. The highest BCUT2D eigenvalue weighted by Crippen LogP contribution is 2.20. The molecular weight excluding hydrogens is 384 g/mol. The predicted molar refractivity (Wildman–Crippen MR) is 120 cm³/mol. The van der Waals surface area contributed by atoms with Crippen molar-refractivity contribution in [1.82, 2.24) is 14.5 Å². The summed E-state index contributed by atoms with van der Waals surface area (Å²) in [5.74, 6) is 0.987. The topological polar surface area (TPSA) is 41.4 Å². The van der Waals surface area contributed by atoms with Gasteiger partial charge < -0.3 is 9.80 Å². The highest BCUT2D eigenvalue weighted by Gasteiger charge is 2.22. The standard InChI is InChI=1S/C23H24N4O.ClH/c1-19-7-10-21(11-8-19)27-14-13-24-23(27)26-17-15-25(16-18-26)22(28)12-9-20-5-3-2-4-6-20;/h2-14H,15-18H2,1H3;1H/b12-9+;. The maximum atomic E-state index is 12.5. The Morgan fingerprint density at radius 3 is 2.34 bits per heavy atom. The lowest BCUT2D eigenvalue weighted by atomic mass is 10.2. The van der Waals surface area contributed by atoms with Crippen LogP contribution in [0.25, 0.3) is 11.8 Å². The maximum absolute atomic E-state index is 12.5. The number of halogens is 1. The van der Waals surface area contributed by atoms with Gasteiger partial charge in [-0.2, -0.15) is 0 Å². The van der Waals surface area contributed by atoms with Crippen molar-refractivity contribution in [3.63, 3.8) is 0 Å². The molecule has 6 heteroatoms. The number of anilines is 1. The van der Waals surface area contributed by atoms with Crippen LogP contribution in [-0.2, 0) is 4.79 Å². The van der Waals surface area contributed by atoms with Gasteiger partial charge in [-0.05, 0) is 30.7 Å². The zero-order chi connectivity index (χ0) is 19.3. The predicted octanol–water partition coefficient (Wildman–Crippen LogP) is 3.96. The molecule has 3 aromatic rings. The second kappa shape index (κ2) is 9.43. The van der Waals surface area contributed by atoms with E-state index >= 15 is 0 Å².